The van der Waals surface area contributed by atoms with E-state index in [1.54, 1.807) is 31.3 Å². The van der Waals surface area contributed by atoms with Crippen molar-refractivity contribution in [3.63, 3.8) is 0 Å². The van der Waals surface area contributed by atoms with E-state index in [2.05, 4.69) is 5.32 Å². The number of esters is 1. The van der Waals surface area contributed by atoms with Crippen molar-refractivity contribution in [2.24, 2.45) is 0 Å². The normalized spacial score (nSPS) is 15.5. The molecule has 2 rings (SSSR count). The van der Waals surface area contributed by atoms with Crippen molar-refractivity contribution in [3.05, 3.63) is 47.4 Å². The van der Waals surface area contributed by atoms with Gasteiger partial charge in [0.15, 0.2) is 11.5 Å². The fourth-order valence-electron chi connectivity index (χ4n) is 1.90. The smallest absolute Gasteiger partial charge is 0.343 e. The molecule has 0 amide bonds. The second-order valence-corrected chi connectivity index (χ2v) is 4.09. The van der Waals surface area contributed by atoms with Gasteiger partial charge >= 0.3 is 5.97 Å². The van der Waals surface area contributed by atoms with E-state index in [-0.39, 0.29) is 11.5 Å². The maximum atomic E-state index is 11.9. The van der Waals surface area contributed by atoms with Gasteiger partial charge in [0.1, 0.15) is 0 Å². The van der Waals surface area contributed by atoms with E-state index in [0.717, 1.165) is 12.8 Å². The summed E-state index contributed by atoms with van der Waals surface area (Å²) in [6.45, 7) is 0. The van der Waals surface area contributed by atoms with Gasteiger partial charge in [-0.05, 0) is 25.0 Å². The number of rotatable bonds is 3. The molecule has 18 heavy (non-hydrogen) atoms. The van der Waals surface area contributed by atoms with Crippen LogP contribution in [-0.4, -0.2) is 18.8 Å². The van der Waals surface area contributed by atoms with E-state index in [9.17, 15) is 9.59 Å². The standard InChI is InChI=1S/C14H15NO3/c1-15-11-8-5-9-12(16)13(11)18-14(17)10-6-3-2-4-7-10/h2-4,6-7,15H,5,8-9H2,1H3. The Hall–Kier alpha value is -2.10. The summed E-state index contributed by atoms with van der Waals surface area (Å²) in [6, 6.07) is 8.66. The van der Waals surface area contributed by atoms with Crippen LogP contribution in [0.5, 0.6) is 0 Å². The van der Waals surface area contributed by atoms with E-state index in [1.807, 2.05) is 6.07 Å². The van der Waals surface area contributed by atoms with Gasteiger partial charge in [0.05, 0.1) is 11.3 Å². The van der Waals surface area contributed by atoms with Gasteiger partial charge in [-0.25, -0.2) is 4.79 Å². The number of hydrogen-bond donors (Lipinski definition) is 1. The van der Waals surface area contributed by atoms with Crippen LogP contribution < -0.4 is 5.32 Å². The first kappa shape index (κ1) is 12.4. The number of Topliss-reactive ketones (excluding diaryl/α,β-unsaturated/α-hetero) is 1. The Kier molecular flexibility index (Phi) is 3.77. The van der Waals surface area contributed by atoms with E-state index >= 15 is 0 Å². The Labute approximate surface area is 106 Å². The number of benzene rings is 1. The fraction of sp³-hybridized carbons (Fsp3) is 0.286. The first-order valence-corrected chi connectivity index (χ1v) is 5.93. The van der Waals surface area contributed by atoms with Crippen molar-refractivity contribution >= 4 is 11.8 Å². The second-order valence-electron chi connectivity index (χ2n) is 4.09. The quantitative estimate of drug-likeness (QED) is 0.828. The molecular formula is C14H15NO3. The van der Waals surface area contributed by atoms with Gasteiger partial charge < -0.3 is 10.1 Å². The number of nitrogens with one attached hydrogen (secondary N) is 1. The summed E-state index contributed by atoms with van der Waals surface area (Å²) >= 11 is 0. The van der Waals surface area contributed by atoms with Crippen LogP contribution in [0.2, 0.25) is 0 Å². The van der Waals surface area contributed by atoms with Gasteiger partial charge in [-0.15, -0.1) is 0 Å². The number of carbonyl (C=O) groups excluding carboxylic acids is 2. The van der Waals surface area contributed by atoms with Crippen LogP contribution in [0.3, 0.4) is 0 Å². The third kappa shape index (κ3) is 2.59. The van der Waals surface area contributed by atoms with E-state index < -0.39 is 5.97 Å². The highest BCUT2D eigenvalue weighted by atomic mass is 16.5. The Morgan fingerprint density at radius 2 is 1.94 bits per heavy atom. The Balaban J connectivity index is 2.20. The molecule has 1 aromatic carbocycles. The van der Waals surface area contributed by atoms with Gasteiger partial charge in [-0.3, -0.25) is 4.79 Å². The van der Waals surface area contributed by atoms with E-state index in [0.29, 0.717) is 17.7 Å². The molecule has 0 atom stereocenters. The highest BCUT2D eigenvalue weighted by Crippen LogP contribution is 2.21. The summed E-state index contributed by atoms with van der Waals surface area (Å²) in [5.74, 6) is -0.443. The van der Waals surface area contributed by atoms with Crippen molar-refractivity contribution < 1.29 is 14.3 Å². The molecule has 4 nitrogen and oxygen atoms in total. The SMILES string of the molecule is CNC1=C(OC(=O)c2ccccc2)C(=O)CCC1. The number of carbonyl (C=O) groups is 2. The number of ether oxygens (including phenoxy) is 1. The molecular weight excluding hydrogens is 230 g/mol. The van der Waals surface area contributed by atoms with Crippen molar-refractivity contribution in [3.8, 4) is 0 Å². The van der Waals surface area contributed by atoms with Crippen molar-refractivity contribution in [1.29, 1.82) is 0 Å². The predicted octanol–water partition coefficient (Wildman–Crippen LogP) is 2.03. The van der Waals surface area contributed by atoms with E-state index in [4.69, 9.17) is 4.74 Å². The first-order chi connectivity index (χ1) is 8.72. The lowest BCUT2D eigenvalue weighted by atomic mass is 10.0. The molecule has 1 N–H and O–H groups in total. The van der Waals surface area contributed by atoms with Crippen LogP contribution in [0.1, 0.15) is 29.6 Å². The monoisotopic (exact) mass is 245 g/mol. The van der Waals surface area contributed by atoms with Gasteiger partial charge in [0.25, 0.3) is 0 Å². The predicted molar refractivity (Wildman–Crippen MR) is 66.8 cm³/mol. The highest BCUT2D eigenvalue weighted by molar-refractivity contribution is 5.99. The first-order valence-electron chi connectivity index (χ1n) is 5.93. The van der Waals surface area contributed by atoms with Crippen LogP contribution in [0, 0.1) is 0 Å². The number of allylic oxidation sites excluding steroid dienone is 2. The molecule has 1 aliphatic rings. The van der Waals surface area contributed by atoms with Crippen molar-refractivity contribution in [1.82, 2.24) is 5.32 Å². The highest BCUT2D eigenvalue weighted by Gasteiger charge is 2.24. The van der Waals surface area contributed by atoms with E-state index in [1.165, 1.54) is 0 Å². The molecule has 0 unspecified atom stereocenters. The summed E-state index contributed by atoms with van der Waals surface area (Å²) < 4.78 is 5.22. The zero-order valence-electron chi connectivity index (χ0n) is 10.2. The van der Waals surface area contributed by atoms with Gasteiger partial charge in [-0.2, -0.15) is 0 Å². The van der Waals surface area contributed by atoms with Crippen LogP contribution in [-0.2, 0) is 9.53 Å². The molecule has 0 heterocycles. The van der Waals surface area contributed by atoms with Crippen LogP contribution >= 0.6 is 0 Å². The average Bonchev–Trinajstić information content (AvgIpc) is 2.42. The Morgan fingerprint density at radius 3 is 2.61 bits per heavy atom. The molecule has 0 spiro atoms. The zero-order valence-corrected chi connectivity index (χ0v) is 10.2. The van der Waals surface area contributed by atoms with Gasteiger partial charge in [0, 0.05) is 13.5 Å². The molecule has 0 radical (unpaired) electrons. The lowest BCUT2D eigenvalue weighted by Gasteiger charge is -2.18. The topological polar surface area (TPSA) is 55.4 Å². The second kappa shape index (κ2) is 5.49. The molecule has 0 bridgehead atoms. The molecule has 1 aliphatic carbocycles. The lowest BCUT2D eigenvalue weighted by molar-refractivity contribution is -0.118. The molecule has 94 valence electrons. The summed E-state index contributed by atoms with van der Waals surface area (Å²) in [5, 5.41) is 2.92. The number of hydrogen-bond acceptors (Lipinski definition) is 4. The Bertz CT molecular complexity index is 491. The molecule has 1 aromatic rings. The molecule has 4 heteroatoms. The summed E-state index contributed by atoms with van der Waals surface area (Å²) in [7, 11) is 1.73. The largest absolute Gasteiger partial charge is 0.417 e. The number of ketones is 1. The molecule has 0 saturated carbocycles. The molecule has 0 fully saturated rings. The summed E-state index contributed by atoms with van der Waals surface area (Å²) in [6.07, 6.45) is 1.96. The minimum Gasteiger partial charge on any atom is -0.417 e. The van der Waals surface area contributed by atoms with Crippen molar-refractivity contribution in [2.45, 2.75) is 19.3 Å². The Morgan fingerprint density at radius 1 is 1.22 bits per heavy atom. The van der Waals surface area contributed by atoms with Crippen LogP contribution in [0.15, 0.2) is 41.8 Å². The third-order valence-electron chi connectivity index (χ3n) is 2.86. The molecule has 0 saturated heterocycles. The third-order valence-corrected chi connectivity index (χ3v) is 2.86. The van der Waals surface area contributed by atoms with Gasteiger partial charge in [-0.1, -0.05) is 18.2 Å². The van der Waals surface area contributed by atoms with Crippen LogP contribution in [0.25, 0.3) is 0 Å². The average molecular weight is 245 g/mol. The van der Waals surface area contributed by atoms with Gasteiger partial charge in [0.2, 0.25) is 0 Å². The molecule has 0 aromatic heterocycles. The van der Waals surface area contributed by atoms with Crippen LogP contribution in [0.4, 0.5) is 0 Å². The zero-order chi connectivity index (χ0) is 13.0. The minimum absolute atomic E-state index is 0.116. The maximum Gasteiger partial charge on any atom is 0.343 e. The fourth-order valence-corrected chi connectivity index (χ4v) is 1.90. The van der Waals surface area contributed by atoms with Crippen molar-refractivity contribution in [2.75, 3.05) is 7.05 Å². The summed E-state index contributed by atoms with van der Waals surface area (Å²) in [5.41, 5.74) is 1.15. The minimum atomic E-state index is -0.492. The lowest BCUT2D eigenvalue weighted by Crippen LogP contribution is -2.23. The maximum absolute atomic E-state index is 11.9. The molecule has 0 aliphatic heterocycles. The summed E-state index contributed by atoms with van der Waals surface area (Å²) in [4.78, 5) is 23.6.